The standard InChI is InChI=1S/C14H21N3O2/c1-4-16-11-5-6-12(9(2)7-11)14(19)17-10(3)8-13(15)18/h5-7,10,16H,4,8H2,1-3H3,(H2,15,18)(H,17,19). The molecule has 2 amide bonds. The third-order valence-corrected chi connectivity index (χ3v) is 2.74. The second-order valence-electron chi connectivity index (χ2n) is 4.60. The lowest BCUT2D eigenvalue weighted by Gasteiger charge is -2.14. The Bertz CT molecular complexity index is 472. The van der Waals surface area contributed by atoms with E-state index in [2.05, 4.69) is 10.6 Å². The quantitative estimate of drug-likeness (QED) is 0.725. The molecule has 19 heavy (non-hydrogen) atoms. The maximum absolute atomic E-state index is 12.0. The molecule has 1 unspecified atom stereocenters. The zero-order valence-electron chi connectivity index (χ0n) is 11.6. The van der Waals surface area contributed by atoms with Crippen molar-refractivity contribution in [1.29, 1.82) is 0 Å². The number of carbonyl (C=O) groups is 2. The van der Waals surface area contributed by atoms with Gasteiger partial charge in [-0.05, 0) is 44.5 Å². The first kappa shape index (κ1) is 15.0. The topological polar surface area (TPSA) is 84.2 Å². The average Bonchev–Trinajstić information content (AvgIpc) is 2.27. The van der Waals surface area contributed by atoms with Crippen LogP contribution in [0.5, 0.6) is 0 Å². The highest BCUT2D eigenvalue weighted by molar-refractivity contribution is 5.96. The van der Waals surface area contributed by atoms with Crippen molar-refractivity contribution in [2.45, 2.75) is 33.2 Å². The number of nitrogens with one attached hydrogen (secondary N) is 2. The monoisotopic (exact) mass is 263 g/mol. The van der Waals surface area contributed by atoms with Crippen molar-refractivity contribution in [3.63, 3.8) is 0 Å². The molecule has 1 aromatic rings. The van der Waals surface area contributed by atoms with Gasteiger partial charge in [-0.2, -0.15) is 0 Å². The van der Waals surface area contributed by atoms with Crippen molar-refractivity contribution < 1.29 is 9.59 Å². The summed E-state index contributed by atoms with van der Waals surface area (Å²) in [6, 6.07) is 5.30. The number of rotatable bonds is 6. The van der Waals surface area contributed by atoms with E-state index >= 15 is 0 Å². The Morgan fingerprint density at radius 1 is 1.37 bits per heavy atom. The molecule has 0 bridgehead atoms. The molecule has 0 heterocycles. The van der Waals surface area contributed by atoms with Gasteiger partial charge in [-0.25, -0.2) is 0 Å². The van der Waals surface area contributed by atoms with Crippen LogP contribution in [0.3, 0.4) is 0 Å². The van der Waals surface area contributed by atoms with Gasteiger partial charge < -0.3 is 16.4 Å². The predicted molar refractivity (Wildman–Crippen MR) is 76.1 cm³/mol. The summed E-state index contributed by atoms with van der Waals surface area (Å²) >= 11 is 0. The van der Waals surface area contributed by atoms with Gasteiger partial charge in [-0.3, -0.25) is 9.59 Å². The highest BCUT2D eigenvalue weighted by Crippen LogP contribution is 2.15. The fourth-order valence-corrected chi connectivity index (χ4v) is 1.89. The molecule has 1 atom stereocenters. The first-order valence-corrected chi connectivity index (χ1v) is 6.37. The molecule has 0 saturated carbocycles. The van der Waals surface area contributed by atoms with Crippen LogP contribution in [0.15, 0.2) is 18.2 Å². The van der Waals surface area contributed by atoms with Crippen LogP contribution >= 0.6 is 0 Å². The molecule has 0 aliphatic rings. The molecule has 1 aromatic carbocycles. The summed E-state index contributed by atoms with van der Waals surface area (Å²) in [6.45, 7) is 6.49. The first-order chi connectivity index (χ1) is 8.93. The Labute approximate surface area is 113 Å². The van der Waals surface area contributed by atoms with E-state index in [1.165, 1.54) is 0 Å². The molecule has 5 nitrogen and oxygen atoms in total. The van der Waals surface area contributed by atoms with Crippen LogP contribution < -0.4 is 16.4 Å². The Kier molecular flexibility index (Phi) is 5.36. The minimum atomic E-state index is -0.424. The Morgan fingerprint density at radius 3 is 2.58 bits per heavy atom. The molecular weight excluding hydrogens is 242 g/mol. The Morgan fingerprint density at radius 2 is 2.05 bits per heavy atom. The second-order valence-corrected chi connectivity index (χ2v) is 4.60. The average molecular weight is 263 g/mol. The first-order valence-electron chi connectivity index (χ1n) is 6.37. The number of hydrogen-bond acceptors (Lipinski definition) is 3. The van der Waals surface area contributed by atoms with E-state index in [9.17, 15) is 9.59 Å². The SMILES string of the molecule is CCNc1ccc(C(=O)NC(C)CC(N)=O)c(C)c1. The molecule has 0 fully saturated rings. The zero-order valence-corrected chi connectivity index (χ0v) is 11.6. The van der Waals surface area contributed by atoms with E-state index in [0.717, 1.165) is 17.8 Å². The summed E-state index contributed by atoms with van der Waals surface area (Å²) in [5, 5.41) is 5.95. The van der Waals surface area contributed by atoms with E-state index in [0.29, 0.717) is 5.56 Å². The molecular formula is C14H21N3O2. The third-order valence-electron chi connectivity index (χ3n) is 2.74. The normalized spacial score (nSPS) is 11.7. The van der Waals surface area contributed by atoms with E-state index in [4.69, 9.17) is 5.73 Å². The number of amides is 2. The zero-order chi connectivity index (χ0) is 14.4. The van der Waals surface area contributed by atoms with Gasteiger partial charge in [0, 0.05) is 30.3 Å². The van der Waals surface area contributed by atoms with E-state index in [-0.39, 0.29) is 18.4 Å². The van der Waals surface area contributed by atoms with Crippen LogP contribution in [-0.2, 0) is 4.79 Å². The molecule has 0 radical (unpaired) electrons. The summed E-state index contributed by atoms with van der Waals surface area (Å²) in [5.74, 6) is -0.610. The number of nitrogens with two attached hydrogens (primary N) is 1. The molecule has 1 rings (SSSR count). The van der Waals surface area contributed by atoms with Crippen LogP contribution in [0.1, 0.15) is 36.2 Å². The Balaban J connectivity index is 2.74. The maximum atomic E-state index is 12.0. The lowest BCUT2D eigenvalue weighted by Crippen LogP contribution is -2.36. The predicted octanol–water partition coefficient (Wildman–Crippen LogP) is 1.42. The fraction of sp³-hybridized carbons (Fsp3) is 0.429. The van der Waals surface area contributed by atoms with Crippen LogP contribution in [-0.4, -0.2) is 24.4 Å². The molecule has 0 aliphatic heterocycles. The van der Waals surface area contributed by atoms with Crippen LogP contribution in [0.4, 0.5) is 5.69 Å². The summed E-state index contributed by atoms with van der Waals surface area (Å²) in [4.78, 5) is 22.8. The lowest BCUT2D eigenvalue weighted by atomic mass is 10.1. The molecule has 0 saturated heterocycles. The minimum Gasteiger partial charge on any atom is -0.385 e. The molecule has 104 valence electrons. The third kappa shape index (κ3) is 4.62. The second kappa shape index (κ2) is 6.78. The fourth-order valence-electron chi connectivity index (χ4n) is 1.89. The summed E-state index contributed by atoms with van der Waals surface area (Å²) < 4.78 is 0. The molecule has 0 aliphatic carbocycles. The number of aryl methyl sites for hydroxylation is 1. The van der Waals surface area contributed by atoms with Crippen LogP contribution in [0.25, 0.3) is 0 Å². The largest absolute Gasteiger partial charge is 0.385 e. The molecule has 5 heteroatoms. The highest BCUT2D eigenvalue weighted by atomic mass is 16.2. The van der Waals surface area contributed by atoms with Crippen molar-refractivity contribution in [2.24, 2.45) is 5.73 Å². The van der Waals surface area contributed by atoms with Gasteiger partial charge in [-0.15, -0.1) is 0 Å². The summed E-state index contributed by atoms with van der Waals surface area (Å²) in [6.07, 6.45) is 0.139. The number of primary amides is 1. The smallest absolute Gasteiger partial charge is 0.251 e. The van der Waals surface area contributed by atoms with Crippen LogP contribution in [0.2, 0.25) is 0 Å². The van der Waals surface area contributed by atoms with Gasteiger partial charge in [0.25, 0.3) is 5.91 Å². The minimum absolute atomic E-state index is 0.139. The van der Waals surface area contributed by atoms with E-state index < -0.39 is 5.91 Å². The van der Waals surface area contributed by atoms with Gasteiger partial charge in [0.15, 0.2) is 0 Å². The van der Waals surface area contributed by atoms with E-state index in [1.807, 2.05) is 26.0 Å². The molecule has 0 aromatic heterocycles. The lowest BCUT2D eigenvalue weighted by molar-refractivity contribution is -0.118. The number of carbonyl (C=O) groups excluding carboxylic acids is 2. The Hall–Kier alpha value is -2.04. The van der Waals surface area contributed by atoms with Gasteiger partial charge in [0.2, 0.25) is 5.91 Å². The van der Waals surface area contributed by atoms with Gasteiger partial charge in [-0.1, -0.05) is 0 Å². The van der Waals surface area contributed by atoms with Gasteiger partial charge >= 0.3 is 0 Å². The maximum Gasteiger partial charge on any atom is 0.251 e. The van der Waals surface area contributed by atoms with Gasteiger partial charge in [0.1, 0.15) is 0 Å². The van der Waals surface area contributed by atoms with Gasteiger partial charge in [0.05, 0.1) is 0 Å². The highest BCUT2D eigenvalue weighted by Gasteiger charge is 2.13. The molecule has 0 spiro atoms. The number of anilines is 1. The van der Waals surface area contributed by atoms with Crippen molar-refractivity contribution >= 4 is 17.5 Å². The summed E-state index contributed by atoms with van der Waals surface area (Å²) in [5.41, 5.74) is 7.58. The van der Waals surface area contributed by atoms with Crippen molar-refractivity contribution in [3.05, 3.63) is 29.3 Å². The van der Waals surface area contributed by atoms with Crippen molar-refractivity contribution in [1.82, 2.24) is 5.32 Å². The number of benzene rings is 1. The number of hydrogen-bond donors (Lipinski definition) is 3. The van der Waals surface area contributed by atoms with E-state index in [1.54, 1.807) is 13.0 Å². The molecule has 4 N–H and O–H groups in total. The van der Waals surface area contributed by atoms with Crippen molar-refractivity contribution in [2.75, 3.05) is 11.9 Å². The summed E-state index contributed by atoms with van der Waals surface area (Å²) in [7, 11) is 0. The van der Waals surface area contributed by atoms with Crippen molar-refractivity contribution in [3.8, 4) is 0 Å². The van der Waals surface area contributed by atoms with Crippen LogP contribution in [0, 0.1) is 6.92 Å².